The van der Waals surface area contributed by atoms with E-state index < -0.39 is 65.0 Å². The zero-order chi connectivity index (χ0) is 39.9. The van der Waals surface area contributed by atoms with Crippen LogP contribution in [0.2, 0.25) is 0 Å². The van der Waals surface area contributed by atoms with Crippen molar-refractivity contribution in [2.45, 2.75) is 136 Å². The second-order valence-electron chi connectivity index (χ2n) is 16.9. The molecule has 3 fully saturated rings. The second-order valence-corrected chi connectivity index (χ2v) is 16.9. The van der Waals surface area contributed by atoms with Crippen LogP contribution >= 0.6 is 0 Å². The number of hydrogen-bond donors (Lipinski definition) is 4. The van der Waals surface area contributed by atoms with Crippen LogP contribution in [0.3, 0.4) is 0 Å². The van der Waals surface area contributed by atoms with Gasteiger partial charge in [-0.3, -0.25) is 33.8 Å². The minimum absolute atomic E-state index is 0.0927. The SMILES string of the molecule is CCC[C@H](NC(=O)[C@@H]1[C@H]2CCCC2CN1C(=O)[C@@H](NC(=O)[C@@H](NC(=O)c1cnccn1)C1CCCCC1)C(C)(C)C)C(=O)C(=O)N[C@@H](C)c1ccc(C)cc1. The number of nitrogens with one attached hydrogen (secondary N) is 4. The lowest BCUT2D eigenvalue weighted by molar-refractivity contribution is -0.146. The average Bonchev–Trinajstić information content (AvgIpc) is 3.77. The molecule has 1 unspecified atom stereocenters. The van der Waals surface area contributed by atoms with Crippen LogP contribution in [0.5, 0.6) is 0 Å². The van der Waals surface area contributed by atoms with E-state index in [1.165, 1.54) is 18.6 Å². The van der Waals surface area contributed by atoms with Gasteiger partial charge in [0.05, 0.1) is 18.3 Å². The second kappa shape index (κ2) is 18.3. The molecule has 2 saturated carbocycles. The van der Waals surface area contributed by atoms with Gasteiger partial charge in [0, 0.05) is 18.9 Å². The number of ketones is 1. The Kier molecular flexibility index (Phi) is 13.8. The van der Waals surface area contributed by atoms with Crippen LogP contribution in [0.4, 0.5) is 0 Å². The number of carbonyl (C=O) groups is 6. The molecule has 0 bridgehead atoms. The zero-order valence-electron chi connectivity index (χ0n) is 33.2. The predicted octanol–water partition coefficient (Wildman–Crippen LogP) is 4.35. The van der Waals surface area contributed by atoms with E-state index in [0.717, 1.165) is 62.5 Å². The summed E-state index contributed by atoms with van der Waals surface area (Å²) in [5.74, 6) is -3.49. The Labute approximate surface area is 325 Å². The molecule has 0 spiro atoms. The van der Waals surface area contributed by atoms with Crippen LogP contribution in [0.25, 0.3) is 0 Å². The first-order valence-corrected chi connectivity index (χ1v) is 20.1. The molecule has 1 saturated heterocycles. The Bertz CT molecular complexity index is 1690. The first kappa shape index (κ1) is 41.5. The van der Waals surface area contributed by atoms with Crippen LogP contribution in [0, 0.1) is 30.1 Å². The first-order chi connectivity index (χ1) is 26.2. The summed E-state index contributed by atoms with van der Waals surface area (Å²) in [5, 5.41) is 11.6. The fourth-order valence-corrected chi connectivity index (χ4v) is 8.59. The van der Waals surface area contributed by atoms with Gasteiger partial charge in [-0.1, -0.05) is 89.6 Å². The Morgan fingerprint density at radius 1 is 0.873 bits per heavy atom. The lowest BCUT2D eigenvalue weighted by Gasteiger charge is -2.38. The number of fused-ring (bicyclic) bond motifs is 1. The number of likely N-dealkylation sites (tertiary alicyclic amines) is 1. The summed E-state index contributed by atoms with van der Waals surface area (Å²) in [6, 6.07) is 3.42. The van der Waals surface area contributed by atoms with E-state index in [4.69, 9.17) is 0 Å². The smallest absolute Gasteiger partial charge is 0.290 e. The number of nitrogens with zero attached hydrogens (tertiary/aromatic N) is 3. The molecule has 1 aliphatic heterocycles. The molecule has 0 radical (unpaired) electrons. The van der Waals surface area contributed by atoms with E-state index in [1.54, 1.807) is 11.8 Å². The van der Waals surface area contributed by atoms with Crippen molar-refractivity contribution in [3.8, 4) is 0 Å². The quantitative estimate of drug-likeness (QED) is 0.206. The molecule has 5 rings (SSSR count). The summed E-state index contributed by atoms with van der Waals surface area (Å²) in [6.07, 6.45) is 12.0. The number of amides is 5. The van der Waals surface area contributed by atoms with Crippen molar-refractivity contribution in [1.82, 2.24) is 36.1 Å². The highest BCUT2D eigenvalue weighted by Crippen LogP contribution is 2.43. The molecular weight excluding hydrogens is 699 g/mol. The van der Waals surface area contributed by atoms with Crippen molar-refractivity contribution >= 4 is 35.3 Å². The fourth-order valence-electron chi connectivity index (χ4n) is 8.59. The van der Waals surface area contributed by atoms with E-state index in [0.29, 0.717) is 13.0 Å². The van der Waals surface area contributed by atoms with E-state index in [-0.39, 0.29) is 35.8 Å². The normalized spacial score (nSPS) is 22.1. The number of hydrogen-bond acceptors (Lipinski definition) is 8. The van der Waals surface area contributed by atoms with E-state index in [1.807, 2.05) is 58.9 Å². The molecule has 2 aromatic rings. The Morgan fingerprint density at radius 3 is 2.22 bits per heavy atom. The minimum Gasteiger partial charge on any atom is -0.344 e. The van der Waals surface area contributed by atoms with Crippen molar-refractivity contribution in [2.75, 3.05) is 6.54 Å². The van der Waals surface area contributed by atoms with Crippen LogP contribution in [0.1, 0.15) is 126 Å². The summed E-state index contributed by atoms with van der Waals surface area (Å²) in [7, 11) is 0. The molecule has 5 amide bonds. The molecule has 2 heterocycles. The number of aryl methyl sites for hydroxylation is 1. The van der Waals surface area contributed by atoms with Gasteiger partial charge < -0.3 is 26.2 Å². The highest BCUT2D eigenvalue weighted by Gasteiger charge is 2.52. The molecule has 13 heteroatoms. The highest BCUT2D eigenvalue weighted by atomic mass is 16.2. The maximum atomic E-state index is 14.7. The third kappa shape index (κ3) is 10.1. The maximum Gasteiger partial charge on any atom is 0.290 e. The number of carbonyl (C=O) groups excluding carboxylic acids is 6. The van der Waals surface area contributed by atoms with Gasteiger partial charge in [0.15, 0.2) is 0 Å². The zero-order valence-corrected chi connectivity index (χ0v) is 33.2. The van der Waals surface area contributed by atoms with Crippen LogP contribution in [0.15, 0.2) is 42.9 Å². The number of Topliss-reactive ketones (excluding diaryl/α,β-unsaturated/α-hetero) is 1. The van der Waals surface area contributed by atoms with Gasteiger partial charge in [0.25, 0.3) is 11.8 Å². The van der Waals surface area contributed by atoms with Crippen LogP contribution in [-0.2, 0) is 24.0 Å². The molecule has 1 aromatic heterocycles. The molecule has 2 aliphatic carbocycles. The van der Waals surface area contributed by atoms with Gasteiger partial charge in [0.1, 0.15) is 23.8 Å². The van der Waals surface area contributed by atoms with Gasteiger partial charge in [-0.2, -0.15) is 0 Å². The highest BCUT2D eigenvalue weighted by molar-refractivity contribution is 6.38. The topological polar surface area (TPSA) is 180 Å². The van der Waals surface area contributed by atoms with E-state index in [9.17, 15) is 28.8 Å². The summed E-state index contributed by atoms with van der Waals surface area (Å²) in [6.45, 7) is 11.6. The molecule has 7 atom stereocenters. The summed E-state index contributed by atoms with van der Waals surface area (Å²) in [4.78, 5) is 93.0. The Balaban J connectivity index is 1.34. The molecular formula is C42H59N7O6. The summed E-state index contributed by atoms with van der Waals surface area (Å²) >= 11 is 0. The molecule has 3 aliphatic rings. The van der Waals surface area contributed by atoms with Gasteiger partial charge in [0.2, 0.25) is 23.5 Å². The molecule has 55 heavy (non-hydrogen) atoms. The van der Waals surface area contributed by atoms with Crippen molar-refractivity contribution < 1.29 is 28.8 Å². The molecule has 298 valence electrons. The summed E-state index contributed by atoms with van der Waals surface area (Å²) < 4.78 is 0. The van der Waals surface area contributed by atoms with E-state index >= 15 is 0 Å². The van der Waals surface area contributed by atoms with Crippen LogP contribution < -0.4 is 21.3 Å². The van der Waals surface area contributed by atoms with Crippen molar-refractivity contribution in [1.29, 1.82) is 0 Å². The van der Waals surface area contributed by atoms with Crippen molar-refractivity contribution in [2.24, 2.45) is 23.2 Å². The van der Waals surface area contributed by atoms with Crippen molar-refractivity contribution in [3.63, 3.8) is 0 Å². The molecule has 13 nitrogen and oxygen atoms in total. The maximum absolute atomic E-state index is 14.7. The van der Waals surface area contributed by atoms with Gasteiger partial charge in [-0.05, 0) is 74.7 Å². The number of aromatic nitrogens is 2. The van der Waals surface area contributed by atoms with Crippen molar-refractivity contribution in [3.05, 3.63) is 59.7 Å². The molecule has 4 N–H and O–H groups in total. The van der Waals surface area contributed by atoms with Crippen LogP contribution in [-0.4, -0.2) is 80.9 Å². The third-order valence-electron chi connectivity index (χ3n) is 11.7. The first-order valence-electron chi connectivity index (χ1n) is 20.1. The number of benzene rings is 1. The third-order valence-corrected chi connectivity index (χ3v) is 11.7. The average molecular weight is 758 g/mol. The Morgan fingerprint density at radius 2 is 1.58 bits per heavy atom. The summed E-state index contributed by atoms with van der Waals surface area (Å²) in [5.41, 5.74) is 1.27. The predicted molar refractivity (Wildman–Crippen MR) is 207 cm³/mol. The van der Waals surface area contributed by atoms with Gasteiger partial charge >= 0.3 is 0 Å². The Hall–Kier alpha value is -4.68. The minimum atomic E-state index is -1.06. The van der Waals surface area contributed by atoms with Gasteiger partial charge in [-0.25, -0.2) is 4.98 Å². The largest absolute Gasteiger partial charge is 0.344 e. The van der Waals surface area contributed by atoms with E-state index in [2.05, 4.69) is 31.2 Å². The molecule has 1 aromatic carbocycles. The monoisotopic (exact) mass is 757 g/mol. The number of rotatable bonds is 14. The standard InChI is InChI=1S/C42H59N7O6/c1-7-12-31(35(50)40(54)45-26(3)27-19-17-25(2)18-20-27)46-39(53)34-30-16-11-15-29(30)24-49(34)41(55)36(42(4,5)6)48-38(52)33(28-13-9-8-10-14-28)47-37(51)32-23-43-21-22-44-32/h17-23,26,28-31,33-34,36H,7-16,24H2,1-6H3,(H,45,54)(H,46,53)(H,47,51)(H,48,52)/t26-,29?,30-,31-,33-,34-,36+/m0/s1. The van der Waals surface area contributed by atoms with Gasteiger partial charge in [-0.15, -0.1) is 0 Å². The fraction of sp³-hybridized carbons (Fsp3) is 0.619. The lowest BCUT2D eigenvalue weighted by Crippen LogP contribution is -2.62. The lowest BCUT2D eigenvalue weighted by atomic mass is 9.82.